The fraction of sp³-hybridized carbons (Fsp3) is 0.393. The molecular formula is C56H63N11O13S. The van der Waals surface area contributed by atoms with Crippen molar-refractivity contribution in [2.45, 2.75) is 111 Å². The van der Waals surface area contributed by atoms with Crippen molar-refractivity contribution in [1.82, 2.24) is 50.8 Å². The van der Waals surface area contributed by atoms with Gasteiger partial charge in [0.05, 0.1) is 72.6 Å². The number of fused-ring (bicyclic) bond motifs is 2. The van der Waals surface area contributed by atoms with Crippen LogP contribution in [0.3, 0.4) is 0 Å². The third kappa shape index (κ3) is 17.3. The third-order valence-corrected chi connectivity index (χ3v) is 12.7. The average molecular weight is 1130 g/mol. The van der Waals surface area contributed by atoms with Crippen molar-refractivity contribution in [3.05, 3.63) is 117 Å². The summed E-state index contributed by atoms with van der Waals surface area (Å²) in [6.07, 6.45) is 6.62. The first-order valence-corrected chi connectivity index (χ1v) is 26.2. The van der Waals surface area contributed by atoms with E-state index >= 15 is 0 Å². The number of carbonyl (C=O) groups excluding carboxylic acids is 7. The monoisotopic (exact) mass is 1130 g/mol. The molecule has 1 atom stereocenters. The number of aryl methyl sites for hydroxylation is 1. The summed E-state index contributed by atoms with van der Waals surface area (Å²) < 4.78 is 29.6. The maximum Gasteiger partial charge on any atom is 0.509 e. The van der Waals surface area contributed by atoms with Gasteiger partial charge in [-0.25, -0.2) is 24.2 Å². The highest BCUT2D eigenvalue weighted by molar-refractivity contribution is 7.71. The summed E-state index contributed by atoms with van der Waals surface area (Å²) in [5, 5.41) is 30.0. The van der Waals surface area contributed by atoms with Crippen LogP contribution in [0.1, 0.15) is 94.4 Å². The molecule has 0 saturated heterocycles. The molecule has 426 valence electrons. The van der Waals surface area contributed by atoms with Crippen LogP contribution in [0.5, 0.6) is 5.75 Å². The van der Waals surface area contributed by atoms with Crippen LogP contribution in [0, 0.1) is 16.6 Å². The molecule has 0 aliphatic carbocycles. The Labute approximate surface area is 471 Å². The SMILES string of the molecule is CCc1c2c(nc3ccc(O)cc13)/C(=C/C1=C(C)COC(=O)C1OC(=O)OCc1ccc(NC(=O)CNC(=O)COCC(=O)NC(C)(C)COC(C)(C)Cn3cc(CNC(=O)CCCC#Cc4cnc(=S)[nH]c4)nn3)cc1)N(C=O)C2. The van der Waals surface area contributed by atoms with Crippen molar-refractivity contribution in [3.8, 4) is 17.6 Å². The molecule has 5 heterocycles. The molecule has 0 saturated carbocycles. The van der Waals surface area contributed by atoms with Crippen LogP contribution in [-0.2, 0) is 85.1 Å². The summed E-state index contributed by atoms with van der Waals surface area (Å²) in [4.78, 5) is 102. The normalized spacial score (nSPS) is 14.6. The Balaban J connectivity index is 0.770. The quantitative estimate of drug-likeness (QED) is 0.0160. The van der Waals surface area contributed by atoms with Gasteiger partial charge < -0.3 is 59.9 Å². The maximum atomic E-state index is 13.1. The zero-order valence-electron chi connectivity index (χ0n) is 45.6. The molecule has 0 spiro atoms. The van der Waals surface area contributed by atoms with Crippen molar-refractivity contribution in [1.29, 1.82) is 0 Å². The lowest BCUT2D eigenvalue weighted by molar-refractivity contribution is -0.153. The Morgan fingerprint density at radius 2 is 1.80 bits per heavy atom. The second-order valence-corrected chi connectivity index (χ2v) is 20.6. The number of esters is 1. The Hall–Kier alpha value is -8.86. The molecule has 0 radical (unpaired) electrons. The van der Waals surface area contributed by atoms with Crippen LogP contribution in [0.4, 0.5) is 10.5 Å². The van der Waals surface area contributed by atoms with Gasteiger partial charge in [-0.1, -0.05) is 36.1 Å². The molecule has 7 rings (SSSR count). The van der Waals surface area contributed by atoms with Crippen LogP contribution in [-0.4, -0.2) is 132 Å². The van der Waals surface area contributed by atoms with Crippen LogP contribution < -0.4 is 21.3 Å². The van der Waals surface area contributed by atoms with Crippen molar-refractivity contribution < 1.29 is 62.4 Å². The first kappa shape index (κ1) is 59.8. The van der Waals surface area contributed by atoms with Crippen molar-refractivity contribution in [2.75, 3.05) is 38.3 Å². The molecule has 5 amide bonds. The number of aromatic nitrogens is 6. The highest BCUT2D eigenvalue weighted by Crippen LogP contribution is 2.39. The molecule has 2 aliphatic heterocycles. The second-order valence-electron chi connectivity index (χ2n) is 20.3. The lowest BCUT2D eigenvalue weighted by Crippen LogP contribution is -2.50. The number of nitrogens with zero attached hydrogens (tertiary/aromatic N) is 6. The van der Waals surface area contributed by atoms with Gasteiger partial charge in [-0.05, 0) is 113 Å². The van der Waals surface area contributed by atoms with E-state index in [2.05, 4.69) is 53.4 Å². The molecule has 25 heteroatoms. The lowest BCUT2D eigenvalue weighted by atomic mass is 9.97. The van der Waals surface area contributed by atoms with Gasteiger partial charge in [0, 0.05) is 47.4 Å². The fourth-order valence-corrected chi connectivity index (χ4v) is 8.61. The molecule has 5 aromatic rings. The number of anilines is 1. The fourth-order valence-electron chi connectivity index (χ4n) is 8.50. The number of hydrogen-bond acceptors (Lipinski definition) is 18. The Morgan fingerprint density at radius 1 is 1.02 bits per heavy atom. The minimum Gasteiger partial charge on any atom is -0.508 e. The predicted molar refractivity (Wildman–Crippen MR) is 294 cm³/mol. The van der Waals surface area contributed by atoms with Gasteiger partial charge in [0.1, 0.15) is 37.9 Å². The van der Waals surface area contributed by atoms with Gasteiger partial charge in [0.2, 0.25) is 36.1 Å². The number of phenols is 1. The molecule has 6 N–H and O–H groups in total. The van der Waals surface area contributed by atoms with E-state index < -0.39 is 66.8 Å². The van der Waals surface area contributed by atoms with Gasteiger partial charge in [-0.3, -0.25) is 24.0 Å². The standard InChI is InChI=1S/C56H63N11O13S/c1-7-40-42-19-39(69)17-18-44(42)62-50-43(40)26-66(33-68)45(50)20-41-34(2)27-77-52(74)51(41)80-54(75)78-28-35-13-15-37(16-14-35)61-47(71)24-58-48(72)29-76-30-49(73)63-55(3,4)32-79-56(5,6)31-67-25-38(64-65-67)23-57-46(70)12-10-8-9-11-36-21-59-53(81)60-22-36/h13-22,25,33,51,69H,7-8,10,12,23-24,26-32H2,1-6H3,(H,57,70)(H,58,72)(H,61,71)(H,63,73)(H,59,60,81)/b45-20-. The van der Waals surface area contributed by atoms with Crippen molar-refractivity contribution >= 4 is 76.7 Å². The number of unbranched alkanes of at least 4 members (excludes halogenated alkanes) is 1. The van der Waals surface area contributed by atoms with E-state index in [4.69, 9.17) is 40.9 Å². The number of hydrogen-bond donors (Lipinski definition) is 6. The van der Waals surface area contributed by atoms with E-state index in [0.717, 1.165) is 16.5 Å². The number of benzene rings is 2. The maximum absolute atomic E-state index is 13.1. The summed E-state index contributed by atoms with van der Waals surface area (Å²) in [5.41, 5.74) is 4.76. The summed E-state index contributed by atoms with van der Waals surface area (Å²) in [7, 11) is 0. The molecule has 2 aliphatic rings. The van der Waals surface area contributed by atoms with Gasteiger partial charge in [0.25, 0.3) is 0 Å². The first-order valence-electron chi connectivity index (χ1n) is 25.8. The van der Waals surface area contributed by atoms with E-state index in [1.54, 1.807) is 86.5 Å². The predicted octanol–water partition coefficient (Wildman–Crippen LogP) is 4.75. The zero-order valence-corrected chi connectivity index (χ0v) is 46.5. The summed E-state index contributed by atoms with van der Waals surface area (Å²) in [6.45, 7) is 10.2. The molecular weight excluding hydrogens is 1070 g/mol. The number of nitrogens with one attached hydrogen (secondary N) is 5. The van der Waals surface area contributed by atoms with E-state index in [1.165, 1.54) is 11.0 Å². The van der Waals surface area contributed by atoms with Gasteiger partial charge in [0.15, 0.2) is 4.77 Å². The molecule has 3 aromatic heterocycles. The summed E-state index contributed by atoms with van der Waals surface area (Å²) in [6, 6.07) is 11.1. The van der Waals surface area contributed by atoms with Crippen LogP contribution in [0.2, 0.25) is 0 Å². The average Bonchev–Trinajstić information content (AvgIpc) is 4.20. The molecule has 24 nitrogen and oxygen atoms in total. The number of H-pyrrole nitrogens is 1. The Morgan fingerprint density at radius 3 is 2.54 bits per heavy atom. The lowest BCUT2D eigenvalue weighted by Gasteiger charge is -2.32. The van der Waals surface area contributed by atoms with E-state index in [-0.39, 0.29) is 44.6 Å². The highest BCUT2D eigenvalue weighted by Gasteiger charge is 2.37. The number of carbonyl (C=O) groups is 7. The Kier molecular flexibility index (Phi) is 20.2. The number of rotatable bonds is 24. The summed E-state index contributed by atoms with van der Waals surface area (Å²) in [5.74, 6) is 3.44. The van der Waals surface area contributed by atoms with Gasteiger partial charge in [-0.15, -0.1) is 5.10 Å². The minimum absolute atomic E-state index is 0.0676. The highest BCUT2D eigenvalue weighted by atomic mass is 32.1. The first-order chi connectivity index (χ1) is 38.7. The van der Waals surface area contributed by atoms with Crippen molar-refractivity contribution in [2.24, 2.45) is 0 Å². The number of pyridine rings is 1. The minimum atomic E-state index is -1.51. The molecule has 1 unspecified atom stereocenters. The largest absolute Gasteiger partial charge is 0.509 e. The second kappa shape index (κ2) is 27.3. The summed E-state index contributed by atoms with van der Waals surface area (Å²) >= 11 is 4.92. The number of aromatic amines is 1. The van der Waals surface area contributed by atoms with E-state index in [9.17, 15) is 38.7 Å². The topological polar surface area (TPSA) is 310 Å². The molecule has 0 bridgehead atoms. The number of amides is 5. The van der Waals surface area contributed by atoms with Crippen LogP contribution in [0.25, 0.3) is 16.6 Å². The molecule has 2 aromatic carbocycles. The Bertz CT molecular complexity index is 3360. The smallest absolute Gasteiger partial charge is 0.508 e. The van der Waals surface area contributed by atoms with Gasteiger partial charge in [-0.2, -0.15) is 0 Å². The van der Waals surface area contributed by atoms with E-state index in [1.807, 2.05) is 20.8 Å². The van der Waals surface area contributed by atoms with Crippen LogP contribution in [0.15, 0.2) is 78.3 Å². The number of aromatic hydroxyl groups is 1. The third-order valence-electron chi connectivity index (χ3n) is 12.5. The van der Waals surface area contributed by atoms with Crippen molar-refractivity contribution in [3.63, 3.8) is 0 Å². The van der Waals surface area contributed by atoms with E-state index in [0.29, 0.717) is 94.0 Å². The number of phenolic OH excluding ortho intramolecular Hbond substituents is 1. The number of ether oxygens (including phenoxy) is 5. The molecule has 0 fully saturated rings. The zero-order chi connectivity index (χ0) is 58.3. The van der Waals surface area contributed by atoms with Gasteiger partial charge >= 0.3 is 12.1 Å². The van der Waals surface area contributed by atoms with Crippen LogP contribution >= 0.6 is 12.2 Å². The number of cyclic esters (lactones) is 1. The molecule has 81 heavy (non-hydrogen) atoms.